The lowest BCUT2D eigenvalue weighted by atomic mass is 9.90. The second-order valence-corrected chi connectivity index (χ2v) is 4.50. The Labute approximate surface area is 101 Å². The van der Waals surface area contributed by atoms with Crippen molar-refractivity contribution in [1.29, 1.82) is 0 Å². The number of nitrogens with one attached hydrogen (secondary N) is 1. The molecule has 0 aliphatic carbocycles. The van der Waals surface area contributed by atoms with Gasteiger partial charge in [-0.2, -0.15) is 0 Å². The fraction of sp³-hybridized carbons (Fsp3) is 0.429. The summed E-state index contributed by atoms with van der Waals surface area (Å²) >= 11 is 0. The molecule has 0 aromatic heterocycles. The van der Waals surface area contributed by atoms with E-state index in [0.29, 0.717) is 12.8 Å². The van der Waals surface area contributed by atoms with Crippen LogP contribution in [0.5, 0.6) is 0 Å². The maximum Gasteiger partial charge on any atom is 0.234 e. The molecule has 17 heavy (non-hydrogen) atoms. The van der Waals surface area contributed by atoms with E-state index in [1.54, 1.807) is 0 Å². The van der Waals surface area contributed by atoms with Crippen LogP contribution < -0.4 is 5.32 Å². The van der Waals surface area contributed by atoms with Gasteiger partial charge in [0.15, 0.2) is 0 Å². The highest BCUT2D eigenvalue weighted by Crippen LogP contribution is 2.25. The number of imide groups is 1. The zero-order valence-electron chi connectivity index (χ0n) is 10.0. The molecule has 1 aromatic carbocycles. The van der Waals surface area contributed by atoms with Crippen molar-refractivity contribution in [1.82, 2.24) is 5.32 Å². The lowest BCUT2D eigenvalue weighted by Gasteiger charge is -2.21. The number of carbonyl (C=O) groups excluding carboxylic acids is 2. The molecule has 3 nitrogen and oxygen atoms in total. The van der Waals surface area contributed by atoms with Crippen molar-refractivity contribution in [3.05, 3.63) is 35.4 Å². The Morgan fingerprint density at radius 3 is 2.53 bits per heavy atom. The van der Waals surface area contributed by atoms with Gasteiger partial charge in [0.2, 0.25) is 11.8 Å². The van der Waals surface area contributed by atoms with Crippen LogP contribution in [0.3, 0.4) is 0 Å². The molecule has 1 atom stereocenters. The Bertz CT molecular complexity index is 422. The highest BCUT2D eigenvalue weighted by Gasteiger charge is 2.27. The molecular formula is C14H17NO2. The number of aryl methyl sites for hydroxylation is 1. The normalized spacial score (nSPS) is 20.2. The van der Waals surface area contributed by atoms with Crippen molar-refractivity contribution >= 4 is 11.8 Å². The number of hydrogen-bond acceptors (Lipinski definition) is 2. The van der Waals surface area contributed by atoms with E-state index in [4.69, 9.17) is 0 Å². The second kappa shape index (κ2) is 5.13. The molecule has 0 saturated carbocycles. The summed E-state index contributed by atoms with van der Waals surface area (Å²) in [6.45, 7) is 2.15. The largest absolute Gasteiger partial charge is 0.296 e. The minimum absolute atomic E-state index is 0.158. The molecule has 2 rings (SSSR count). The van der Waals surface area contributed by atoms with Gasteiger partial charge in [-0.3, -0.25) is 14.9 Å². The van der Waals surface area contributed by atoms with Gasteiger partial charge in [0, 0.05) is 6.42 Å². The van der Waals surface area contributed by atoms with Gasteiger partial charge in [0.25, 0.3) is 0 Å². The third-order valence-electron chi connectivity index (χ3n) is 3.16. The monoisotopic (exact) mass is 231 g/mol. The van der Waals surface area contributed by atoms with Crippen molar-refractivity contribution in [2.45, 2.75) is 38.5 Å². The molecule has 1 aromatic rings. The zero-order chi connectivity index (χ0) is 12.3. The van der Waals surface area contributed by atoms with Gasteiger partial charge in [-0.1, -0.05) is 37.6 Å². The van der Waals surface area contributed by atoms with Gasteiger partial charge >= 0.3 is 0 Å². The Morgan fingerprint density at radius 1 is 1.24 bits per heavy atom. The third kappa shape index (κ3) is 2.73. The fourth-order valence-electron chi connectivity index (χ4n) is 2.22. The van der Waals surface area contributed by atoms with Crippen LogP contribution in [0, 0.1) is 0 Å². The van der Waals surface area contributed by atoms with Gasteiger partial charge in [0.1, 0.15) is 0 Å². The molecule has 1 aliphatic heterocycles. The Kier molecular flexibility index (Phi) is 3.57. The summed E-state index contributed by atoms with van der Waals surface area (Å²) in [6.07, 6.45) is 3.25. The maximum absolute atomic E-state index is 11.7. The number of benzene rings is 1. The average Bonchev–Trinajstić information content (AvgIpc) is 2.31. The summed E-state index contributed by atoms with van der Waals surface area (Å²) in [5.74, 6) is -0.485. The molecule has 1 heterocycles. The van der Waals surface area contributed by atoms with Crippen LogP contribution in [-0.4, -0.2) is 11.8 Å². The number of hydrogen-bond donors (Lipinski definition) is 1. The van der Waals surface area contributed by atoms with Crippen LogP contribution in [0.2, 0.25) is 0 Å². The number of piperidine rings is 1. The standard InChI is InChI=1S/C14H17NO2/c1-2-3-10-4-6-11(7-5-10)12-8-9-13(16)15-14(12)17/h4-7,12H,2-3,8-9H2,1H3,(H,15,16,17). The molecule has 1 fully saturated rings. The van der Waals surface area contributed by atoms with Crippen LogP contribution in [0.15, 0.2) is 24.3 Å². The number of amides is 2. The van der Waals surface area contributed by atoms with E-state index in [1.807, 2.05) is 12.1 Å². The first-order chi connectivity index (χ1) is 8.20. The van der Waals surface area contributed by atoms with E-state index in [1.165, 1.54) is 5.56 Å². The van der Waals surface area contributed by atoms with Crippen molar-refractivity contribution in [3.8, 4) is 0 Å². The molecule has 0 bridgehead atoms. The summed E-state index contributed by atoms with van der Waals surface area (Å²) < 4.78 is 0. The molecule has 1 unspecified atom stereocenters. The lowest BCUT2D eigenvalue weighted by Crippen LogP contribution is -2.39. The summed E-state index contributed by atoms with van der Waals surface area (Å²) in [6, 6.07) is 8.15. The average molecular weight is 231 g/mol. The van der Waals surface area contributed by atoms with E-state index in [2.05, 4.69) is 24.4 Å². The molecule has 0 radical (unpaired) electrons. The minimum atomic E-state index is -0.164. The topological polar surface area (TPSA) is 46.2 Å². The van der Waals surface area contributed by atoms with Gasteiger partial charge in [-0.25, -0.2) is 0 Å². The highest BCUT2D eigenvalue weighted by molar-refractivity contribution is 6.00. The molecule has 3 heteroatoms. The van der Waals surface area contributed by atoms with Crippen molar-refractivity contribution in [2.24, 2.45) is 0 Å². The SMILES string of the molecule is CCCc1ccc(C2CCC(=O)NC2=O)cc1. The first-order valence-corrected chi connectivity index (χ1v) is 6.13. The molecular weight excluding hydrogens is 214 g/mol. The number of rotatable bonds is 3. The highest BCUT2D eigenvalue weighted by atomic mass is 16.2. The van der Waals surface area contributed by atoms with Crippen LogP contribution in [0.4, 0.5) is 0 Å². The molecule has 1 N–H and O–H groups in total. The van der Waals surface area contributed by atoms with E-state index in [0.717, 1.165) is 18.4 Å². The quantitative estimate of drug-likeness (QED) is 0.810. The first kappa shape index (κ1) is 11.8. The van der Waals surface area contributed by atoms with Gasteiger partial charge in [-0.05, 0) is 24.0 Å². The first-order valence-electron chi connectivity index (χ1n) is 6.13. The van der Waals surface area contributed by atoms with E-state index >= 15 is 0 Å². The smallest absolute Gasteiger partial charge is 0.234 e. The summed E-state index contributed by atoms with van der Waals surface area (Å²) in [5.41, 5.74) is 2.30. The summed E-state index contributed by atoms with van der Waals surface area (Å²) in [5, 5.41) is 2.39. The van der Waals surface area contributed by atoms with Crippen LogP contribution in [-0.2, 0) is 16.0 Å². The molecule has 0 spiro atoms. The minimum Gasteiger partial charge on any atom is -0.296 e. The molecule has 90 valence electrons. The molecule has 1 saturated heterocycles. The fourth-order valence-corrected chi connectivity index (χ4v) is 2.22. The predicted molar refractivity (Wildman–Crippen MR) is 65.6 cm³/mol. The van der Waals surface area contributed by atoms with E-state index < -0.39 is 0 Å². The Morgan fingerprint density at radius 2 is 1.94 bits per heavy atom. The molecule has 1 aliphatic rings. The molecule has 2 amide bonds. The second-order valence-electron chi connectivity index (χ2n) is 4.50. The van der Waals surface area contributed by atoms with Gasteiger partial charge in [-0.15, -0.1) is 0 Å². The van der Waals surface area contributed by atoms with Gasteiger partial charge < -0.3 is 0 Å². The zero-order valence-corrected chi connectivity index (χ0v) is 10.0. The summed E-state index contributed by atoms with van der Waals surface area (Å²) in [7, 11) is 0. The Balaban J connectivity index is 2.11. The number of carbonyl (C=O) groups is 2. The van der Waals surface area contributed by atoms with Crippen molar-refractivity contribution in [3.63, 3.8) is 0 Å². The maximum atomic E-state index is 11.7. The lowest BCUT2D eigenvalue weighted by molar-refractivity contribution is -0.134. The Hall–Kier alpha value is -1.64. The van der Waals surface area contributed by atoms with Gasteiger partial charge in [0.05, 0.1) is 5.92 Å². The van der Waals surface area contributed by atoms with E-state index in [9.17, 15) is 9.59 Å². The van der Waals surface area contributed by atoms with E-state index in [-0.39, 0.29) is 17.7 Å². The van der Waals surface area contributed by atoms with Crippen molar-refractivity contribution in [2.75, 3.05) is 0 Å². The third-order valence-corrected chi connectivity index (χ3v) is 3.16. The summed E-state index contributed by atoms with van der Waals surface area (Å²) in [4.78, 5) is 22.7. The van der Waals surface area contributed by atoms with Crippen LogP contribution >= 0.6 is 0 Å². The van der Waals surface area contributed by atoms with Crippen molar-refractivity contribution < 1.29 is 9.59 Å². The van der Waals surface area contributed by atoms with Crippen LogP contribution in [0.25, 0.3) is 0 Å². The predicted octanol–water partition coefficient (Wildman–Crippen LogP) is 2.16. The van der Waals surface area contributed by atoms with Crippen LogP contribution in [0.1, 0.15) is 43.2 Å².